The van der Waals surface area contributed by atoms with Crippen LogP contribution in [0.2, 0.25) is 0 Å². The van der Waals surface area contributed by atoms with E-state index in [1.807, 2.05) is 0 Å². The van der Waals surface area contributed by atoms with Gasteiger partial charge in [-0.05, 0) is 89.2 Å². The predicted octanol–water partition coefficient (Wildman–Crippen LogP) is -6.59. The molecule has 38 heteroatoms. The lowest BCUT2D eigenvalue weighted by molar-refractivity contribution is -0.143. The van der Waals surface area contributed by atoms with E-state index in [-0.39, 0.29) is 38.6 Å². The highest BCUT2D eigenvalue weighted by Gasteiger charge is 2.38. The number of benzene rings is 1. The van der Waals surface area contributed by atoms with E-state index in [1.165, 1.54) is 34.6 Å². The highest BCUT2D eigenvalue weighted by atomic mass is 16.4. The van der Waals surface area contributed by atoms with Gasteiger partial charge in [-0.3, -0.25) is 81.5 Å². The number of hydrogen-bond acceptors (Lipinski definition) is 20. The Balaban J connectivity index is 3.37. The Morgan fingerprint density at radius 1 is 0.402 bits per heavy atom. The van der Waals surface area contributed by atoms with Crippen molar-refractivity contribution >= 4 is 106 Å². The van der Waals surface area contributed by atoms with Crippen molar-refractivity contribution in [2.24, 2.45) is 46.4 Å². The van der Waals surface area contributed by atoms with Crippen LogP contribution in [-0.2, 0) is 92.7 Å². The predicted molar refractivity (Wildman–Crippen MR) is 364 cm³/mol. The van der Waals surface area contributed by atoms with Gasteiger partial charge in [0, 0.05) is 25.7 Å². The highest BCUT2D eigenvalue weighted by Crippen LogP contribution is 2.16. The summed E-state index contributed by atoms with van der Waals surface area (Å²) in [6, 6.07) is -9.10. The maximum absolute atomic E-state index is 14.6. The number of nitrogens with one attached hydrogen (secondary N) is 13. The molecule has 0 unspecified atom stereocenters. The molecule has 1 aromatic rings. The molecule has 0 aliphatic rings. The van der Waals surface area contributed by atoms with Crippen molar-refractivity contribution in [1.82, 2.24) is 69.1 Å². The zero-order valence-corrected chi connectivity index (χ0v) is 59.0. The molecule has 0 saturated carbocycles. The molecule has 0 saturated heterocycles. The number of carbonyl (C=O) groups excluding carboxylic acids is 16. The average Bonchev–Trinajstić information content (AvgIpc) is 0.840. The molecule has 1 rings (SSSR count). The zero-order valence-electron chi connectivity index (χ0n) is 59.0. The number of carboxylic acids is 2. The van der Waals surface area contributed by atoms with Gasteiger partial charge in [0.05, 0.1) is 25.6 Å². The van der Waals surface area contributed by atoms with Gasteiger partial charge in [-0.2, -0.15) is 0 Å². The lowest BCUT2D eigenvalue weighted by Gasteiger charge is -2.31. The van der Waals surface area contributed by atoms with Crippen molar-refractivity contribution < 1.29 is 96.5 Å². The van der Waals surface area contributed by atoms with Crippen molar-refractivity contribution in [2.75, 3.05) is 19.6 Å². The van der Waals surface area contributed by atoms with Crippen LogP contribution in [0.1, 0.15) is 145 Å². The Hall–Kier alpha value is -10.4. The molecule has 38 nitrogen and oxygen atoms in total. The molecule has 0 aliphatic heterocycles. The molecule has 25 N–H and O–H groups in total. The van der Waals surface area contributed by atoms with Crippen LogP contribution in [0.25, 0.3) is 0 Å². The van der Waals surface area contributed by atoms with Crippen LogP contribution in [0.5, 0.6) is 0 Å². The Labute approximate surface area is 590 Å². The fourth-order valence-corrected chi connectivity index (χ4v) is 9.55. The van der Waals surface area contributed by atoms with Crippen molar-refractivity contribution in [1.29, 1.82) is 0 Å². The molecule has 0 bridgehead atoms. The number of rotatable bonds is 49. The summed E-state index contributed by atoms with van der Waals surface area (Å²) in [7, 11) is 0. The lowest BCUT2D eigenvalue weighted by Crippen LogP contribution is -2.62. The fourth-order valence-electron chi connectivity index (χ4n) is 9.55. The van der Waals surface area contributed by atoms with Crippen LogP contribution >= 0.6 is 0 Å². The van der Waals surface area contributed by atoms with Crippen LogP contribution in [0.3, 0.4) is 0 Å². The Kier molecular flexibility index (Phi) is 40.5. The molecule has 0 fully saturated rings. The molecule has 0 aliphatic carbocycles. The van der Waals surface area contributed by atoms with Gasteiger partial charge in [-0.1, -0.05) is 84.7 Å². The molecule has 1 aromatic carbocycles. The molecular formula is C64H104N18O20. The number of carbonyl (C=O) groups is 18. The number of primary amides is 3. The van der Waals surface area contributed by atoms with Gasteiger partial charge in [0.15, 0.2) is 0 Å². The Bertz CT molecular complexity index is 3100. The van der Waals surface area contributed by atoms with Crippen molar-refractivity contribution in [3.63, 3.8) is 0 Å². The van der Waals surface area contributed by atoms with Crippen LogP contribution < -0.4 is 97.8 Å². The number of amides is 16. The Morgan fingerprint density at radius 3 is 1.26 bits per heavy atom. The van der Waals surface area contributed by atoms with Crippen LogP contribution in [0.4, 0.5) is 0 Å². The maximum atomic E-state index is 14.6. The van der Waals surface area contributed by atoms with Gasteiger partial charge in [0.1, 0.15) is 66.5 Å². The molecule has 0 aromatic heterocycles. The van der Waals surface area contributed by atoms with Gasteiger partial charge in [0.25, 0.3) is 0 Å². The molecular weight excluding hydrogens is 1340 g/mol. The number of nitrogens with two attached hydrogens (primary N) is 5. The normalized spacial score (nSPS) is 15.1. The zero-order chi connectivity index (χ0) is 77.7. The number of hydrogen-bond donors (Lipinski definition) is 20. The van der Waals surface area contributed by atoms with E-state index in [2.05, 4.69) is 69.1 Å². The van der Waals surface area contributed by atoms with E-state index in [0.717, 1.165) is 0 Å². The molecule has 0 spiro atoms. The van der Waals surface area contributed by atoms with Gasteiger partial charge in [0.2, 0.25) is 94.5 Å². The lowest BCUT2D eigenvalue weighted by atomic mass is 9.94. The first kappa shape index (κ1) is 89.6. The minimum atomic E-state index is -1.64. The summed E-state index contributed by atoms with van der Waals surface area (Å²) in [5, 5.41) is 50.6. The minimum Gasteiger partial charge on any atom is -0.481 e. The smallest absolute Gasteiger partial charge is 0.326 e. The Morgan fingerprint density at radius 2 is 0.804 bits per heavy atom. The summed E-state index contributed by atoms with van der Waals surface area (Å²) in [6.07, 6.45) is -2.77. The molecule has 102 heavy (non-hydrogen) atoms. The third-order valence-corrected chi connectivity index (χ3v) is 16.1. The second kappa shape index (κ2) is 46.1. The van der Waals surface area contributed by atoms with E-state index in [4.69, 9.17) is 28.7 Å². The largest absolute Gasteiger partial charge is 0.481 e. The first-order chi connectivity index (χ1) is 47.8. The summed E-state index contributed by atoms with van der Waals surface area (Å²) in [6.45, 7) is 12.0. The molecule has 0 radical (unpaired) electrons. The van der Waals surface area contributed by atoms with Gasteiger partial charge < -0.3 is 108 Å². The van der Waals surface area contributed by atoms with Gasteiger partial charge in [-0.25, -0.2) is 4.79 Å². The number of aliphatic carboxylic acids is 2. The highest BCUT2D eigenvalue weighted by molar-refractivity contribution is 6.00. The third-order valence-electron chi connectivity index (χ3n) is 16.1. The number of unbranched alkanes of at least 4 members (excludes halogenated alkanes) is 1. The summed E-state index contributed by atoms with van der Waals surface area (Å²) in [4.78, 5) is 236. The average molecular weight is 1450 g/mol. The van der Waals surface area contributed by atoms with Gasteiger partial charge >= 0.3 is 11.9 Å². The number of carboxylic acid groups (broad SMARTS) is 2. The summed E-state index contributed by atoms with van der Waals surface area (Å²) in [5.41, 5.74) is 27.6. The first-order valence-corrected chi connectivity index (χ1v) is 33.4. The summed E-state index contributed by atoms with van der Waals surface area (Å²) in [5.74, 6) is -19.8. The molecule has 16 amide bonds. The van der Waals surface area contributed by atoms with Gasteiger partial charge in [-0.15, -0.1) is 0 Å². The maximum Gasteiger partial charge on any atom is 0.326 e. The van der Waals surface area contributed by atoms with E-state index < -0.39 is 255 Å². The quantitative estimate of drug-likeness (QED) is 0.0270. The van der Waals surface area contributed by atoms with E-state index >= 15 is 0 Å². The summed E-state index contributed by atoms with van der Waals surface area (Å²) < 4.78 is 0. The van der Waals surface area contributed by atoms with Crippen molar-refractivity contribution in [3.05, 3.63) is 35.9 Å². The SMILES string of the molecule is CC[C@H](C)[C@H](NC(=O)[C@H](C)NC(=O)CNC(=O)[C@H](CCC(=O)O)NC(=O)[C@H](CCCCN)NC(=O)CNC(=O)[C@H](C)NC(=O)[C@H](CC(N)=O)NC(=O)[C@H](C)N)C(=O)N[C@H](C(=O)N[C@@H](Cc1ccccc1)C(=O)N[C@@H](CCC(N)=O)C(=O)N[C@@H](CCC(N)=O)C(=O)N[C@H](C(=O)O)C(C)C)[C@@H](C)CC. The van der Waals surface area contributed by atoms with E-state index in [9.17, 15) is 96.5 Å². The van der Waals surface area contributed by atoms with Crippen LogP contribution in [0.15, 0.2) is 30.3 Å². The second-order valence-corrected chi connectivity index (χ2v) is 25.1. The molecule has 0 heterocycles. The standard InChI is InChI=1S/C64H104N18O20/c1-10-32(5)51(62(99)79-42(27-37-17-13-12-14-18-37)61(98)77-40(20-23-44(67)83)58(95)76-41(21-24-45(68)84)59(96)80-50(31(3)4)64(101)102)82-63(100)52(33(6)11-2)81-55(92)36(9)72-47(86)29-71-56(93)39(22-25-49(88)89)75-57(94)38(19-15-16-26-65)74-48(87)30-70-54(91)35(8)73-60(97)43(28-46(69)85)78-53(90)34(7)66/h12-14,17-18,31-36,38-43,50-52H,10-11,15-16,19-30,65-66H2,1-9H3,(H2,67,83)(H2,68,84)(H2,69,85)(H,70,91)(H,71,93)(H,72,86)(H,73,97)(H,74,87)(H,75,94)(H,76,95)(H,77,98)(H,78,90)(H,79,99)(H,80,96)(H,81,92)(H,82,100)(H,88,89)(H,101,102)/t32-,33-,34-,35-,36-,38-,39-,40-,41-,42-,43-,50-,51-,52-/m0/s1. The summed E-state index contributed by atoms with van der Waals surface area (Å²) >= 11 is 0. The fraction of sp³-hybridized carbons (Fsp3) is 0.625. The monoisotopic (exact) mass is 1440 g/mol. The van der Waals surface area contributed by atoms with Crippen molar-refractivity contribution in [2.45, 2.75) is 218 Å². The van der Waals surface area contributed by atoms with Crippen molar-refractivity contribution in [3.8, 4) is 0 Å². The molecule has 14 atom stereocenters. The van der Waals surface area contributed by atoms with Crippen LogP contribution in [-0.4, -0.2) is 209 Å². The second-order valence-electron chi connectivity index (χ2n) is 25.1. The van der Waals surface area contributed by atoms with E-state index in [0.29, 0.717) is 12.0 Å². The first-order valence-electron chi connectivity index (χ1n) is 33.4. The topological polar surface area (TPSA) is 634 Å². The van der Waals surface area contributed by atoms with Crippen LogP contribution in [0, 0.1) is 17.8 Å². The minimum absolute atomic E-state index is 0.0758. The molecule has 570 valence electrons. The van der Waals surface area contributed by atoms with E-state index in [1.54, 1.807) is 58.0 Å². The third kappa shape index (κ3) is 34.1.